The fourth-order valence-corrected chi connectivity index (χ4v) is 5.57. The van der Waals surface area contributed by atoms with Crippen molar-refractivity contribution in [1.82, 2.24) is 0 Å². The Morgan fingerprint density at radius 2 is 1.57 bits per heavy atom. The molecule has 1 unspecified atom stereocenters. The van der Waals surface area contributed by atoms with Crippen LogP contribution in [0.3, 0.4) is 0 Å². The normalized spacial score (nSPS) is 20.2. The summed E-state index contributed by atoms with van der Waals surface area (Å²) >= 11 is 1.55. The standard InChI is InChI=1S/C17H16O2S2/c18-21(19)13-16(20-15-9-5-2-6-10-15)12-17(21)11-14-7-3-1-4-8-14/h1-10,12,17H,11,13H2. The second-order valence-electron chi connectivity index (χ2n) is 5.08. The SMILES string of the molecule is O=S1(=O)CC(Sc2ccccc2)=CC1Cc1ccccc1. The van der Waals surface area contributed by atoms with Crippen molar-refractivity contribution >= 4 is 21.6 Å². The first-order valence-corrected chi connectivity index (χ1v) is 9.36. The Morgan fingerprint density at radius 3 is 2.24 bits per heavy atom. The topological polar surface area (TPSA) is 34.1 Å². The highest BCUT2D eigenvalue weighted by molar-refractivity contribution is 8.05. The maximum Gasteiger partial charge on any atom is 0.161 e. The molecule has 0 fully saturated rings. The van der Waals surface area contributed by atoms with Crippen LogP contribution in [0.1, 0.15) is 5.56 Å². The molecule has 4 heteroatoms. The lowest BCUT2D eigenvalue weighted by Crippen LogP contribution is -2.18. The Labute approximate surface area is 129 Å². The smallest absolute Gasteiger partial charge is 0.161 e. The number of thioether (sulfide) groups is 1. The Kier molecular flexibility index (Phi) is 4.17. The molecular formula is C17H16O2S2. The van der Waals surface area contributed by atoms with Crippen LogP contribution >= 0.6 is 11.8 Å². The molecule has 0 saturated carbocycles. The summed E-state index contributed by atoms with van der Waals surface area (Å²) in [7, 11) is -3.07. The largest absolute Gasteiger partial charge is 0.228 e. The molecule has 108 valence electrons. The van der Waals surface area contributed by atoms with Gasteiger partial charge < -0.3 is 0 Å². The predicted octanol–water partition coefficient (Wildman–Crippen LogP) is 3.70. The molecule has 21 heavy (non-hydrogen) atoms. The minimum Gasteiger partial charge on any atom is -0.228 e. The summed E-state index contributed by atoms with van der Waals surface area (Å²) < 4.78 is 24.6. The van der Waals surface area contributed by atoms with Crippen LogP contribution in [0.4, 0.5) is 0 Å². The molecule has 1 atom stereocenters. The fourth-order valence-electron chi connectivity index (χ4n) is 2.40. The first-order chi connectivity index (χ1) is 10.1. The highest BCUT2D eigenvalue weighted by atomic mass is 32.2. The lowest BCUT2D eigenvalue weighted by molar-refractivity contribution is 0.593. The van der Waals surface area contributed by atoms with Gasteiger partial charge in [-0.1, -0.05) is 66.4 Å². The molecule has 0 bridgehead atoms. The van der Waals surface area contributed by atoms with Crippen molar-refractivity contribution in [1.29, 1.82) is 0 Å². The van der Waals surface area contributed by atoms with Gasteiger partial charge in [-0.2, -0.15) is 0 Å². The molecule has 2 aromatic rings. The van der Waals surface area contributed by atoms with Crippen LogP contribution < -0.4 is 0 Å². The van der Waals surface area contributed by atoms with Gasteiger partial charge in [-0.25, -0.2) is 8.42 Å². The Balaban J connectivity index is 1.77. The van der Waals surface area contributed by atoms with E-state index in [-0.39, 0.29) is 5.75 Å². The summed E-state index contributed by atoms with van der Waals surface area (Å²) in [5.74, 6) is 0.157. The van der Waals surface area contributed by atoms with E-state index < -0.39 is 15.1 Å². The van der Waals surface area contributed by atoms with Crippen molar-refractivity contribution in [2.75, 3.05) is 5.75 Å². The van der Waals surface area contributed by atoms with E-state index in [9.17, 15) is 8.42 Å². The van der Waals surface area contributed by atoms with Crippen LogP contribution in [-0.2, 0) is 16.3 Å². The summed E-state index contributed by atoms with van der Waals surface area (Å²) in [5, 5.41) is -0.397. The molecule has 0 spiro atoms. The molecule has 0 amide bonds. The maximum absolute atomic E-state index is 12.3. The minimum atomic E-state index is -3.07. The second-order valence-corrected chi connectivity index (χ2v) is 8.50. The highest BCUT2D eigenvalue weighted by Crippen LogP contribution is 2.34. The Bertz CT molecular complexity index is 735. The monoisotopic (exact) mass is 316 g/mol. The fraction of sp³-hybridized carbons (Fsp3) is 0.176. The van der Waals surface area contributed by atoms with E-state index >= 15 is 0 Å². The Hall–Kier alpha value is -1.52. The summed E-state index contributed by atoms with van der Waals surface area (Å²) in [4.78, 5) is 2.02. The van der Waals surface area contributed by atoms with Gasteiger partial charge in [0.1, 0.15) is 0 Å². The van der Waals surface area contributed by atoms with E-state index in [2.05, 4.69) is 0 Å². The van der Waals surface area contributed by atoms with Crippen LogP contribution in [-0.4, -0.2) is 19.4 Å². The summed E-state index contributed by atoms with van der Waals surface area (Å²) in [5.41, 5.74) is 1.06. The molecule has 3 rings (SSSR count). The van der Waals surface area contributed by atoms with E-state index in [4.69, 9.17) is 0 Å². The third kappa shape index (κ3) is 3.57. The van der Waals surface area contributed by atoms with E-state index in [0.29, 0.717) is 6.42 Å². The molecule has 1 aliphatic heterocycles. The lowest BCUT2D eigenvalue weighted by atomic mass is 10.1. The molecule has 0 aromatic heterocycles. The first-order valence-electron chi connectivity index (χ1n) is 6.82. The average Bonchev–Trinajstić information content (AvgIpc) is 2.75. The maximum atomic E-state index is 12.3. The van der Waals surface area contributed by atoms with Gasteiger partial charge in [0.15, 0.2) is 9.84 Å². The molecule has 0 N–H and O–H groups in total. The molecule has 0 saturated heterocycles. The summed E-state index contributed by atoms with van der Waals surface area (Å²) in [6, 6.07) is 19.7. The van der Waals surface area contributed by atoms with Gasteiger partial charge in [-0.3, -0.25) is 0 Å². The van der Waals surface area contributed by atoms with Crippen LogP contribution in [0.2, 0.25) is 0 Å². The quantitative estimate of drug-likeness (QED) is 0.862. The van der Waals surface area contributed by atoms with Gasteiger partial charge in [0.25, 0.3) is 0 Å². The van der Waals surface area contributed by atoms with Crippen molar-refractivity contribution in [3.8, 4) is 0 Å². The molecule has 1 aliphatic rings. The number of hydrogen-bond acceptors (Lipinski definition) is 3. The molecular weight excluding hydrogens is 300 g/mol. The molecule has 0 radical (unpaired) electrons. The summed E-state index contributed by atoms with van der Waals surface area (Å²) in [6.07, 6.45) is 2.47. The van der Waals surface area contributed by atoms with Crippen molar-refractivity contribution in [2.24, 2.45) is 0 Å². The van der Waals surface area contributed by atoms with E-state index in [1.165, 1.54) is 0 Å². The van der Waals surface area contributed by atoms with E-state index in [1.807, 2.05) is 66.7 Å². The second kappa shape index (κ2) is 6.08. The molecule has 1 heterocycles. The van der Waals surface area contributed by atoms with Crippen molar-refractivity contribution < 1.29 is 8.42 Å². The number of hydrogen-bond donors (Lipinski definition) is 0. The lowest BCUT2D eigenvalue weighted by Gasteiger charge is -2.07. The molecule has 2 nitrogen and oxygen atoms in total. The number of rotatable bonds is 4. The predicted molar refractivity (Wildman–Crippen MR) is 88.1 cm³/mol. The molecule has 2 aromatic carbocycles. The van der Waals surface area contributed by atoms with Crippen molar-refractivity contribution in [2.45, 2.75) is 16.6 Å². The third-order valence-electron chi connectivity index (χ3n) is 3.45. The van der Waals surface area contributed by atoms with Gasteiger partial charge in [0.2, 0.25) is 0 Å². The van der Waals surface area contributed by atoms with Gasteiger partial charge in [-0.15, -0.1) is 0 Å². The minimum absolute atomic E-state index is 0.157. The summed E-state index contributed by atoms with van der Waals surface area (Å²) in [6.45, 7) is 0. The zero-order valence-corrected chi connectivity index (χ0v) is 13.1. The zero-order chi connectivity index (χ0) is 14.7. The van der Waals surface area contributed by atoms with Crippen molar-refractivity contribution in [3.05, 3.63) is 77.2 Å². The van der Waals surface area contributed by atoms with Crippen LogP contribution in [0.5, 0.6) is 0 Å². The van der Waals surface area contributed by atoms with Gasteiger partial charge >= 0.3 is 0 Å². The first kappa shape index (κ1) is 14.4. The van der Waals surface area contributed by atoms with Crippen LogP contribution in [0.25, 0.3) is 0 Å². The van der Waals surface area contributed by atoms with Crippen LogP contribution in [0, 0.1) is 0 Å². The van der Waals surface area contributed by atoms with Gasteiger partial charge in [0.05, 0.1) is 11.0 Å². The third-order valence-corrected chi connectivity index (χ3v) is 6.62. The number of sulfone groups is 1. The number of benzene rings is 2. The van der Waals surface area contributed by atoms with Crippen LogP contribution in [0.15, 0.2) is 76.5 Å². The van der Waals surface area contributed by atoms with Gasteiger partial charge in [0, 0.05) is 9.80 Å². The van der Waals surface area contributed by atoms with E-state index in [0.717, 1.165) is 15.4 Å². The Morgan fingerprint density at radius 1 is 0.952 bits per heavy atom. The zero-order valence-electron chi connectivity index (χ0n) is 11.5. The highest BCUT2D eigenvalue weighted by Gasteiger charge is 2.31. The van der Waals surface area contributed by atoms with Gasteiger partial charge in [-0.05, 0) is 24.1 Å². The molecule has 0 aliphatic carbocycles. The average molecular weight is 316 g/mol. The van der Waals surface area contributed by atoms with Crippen molar-refractivity contribution in [3.63, 3.8) is 0 Å². The van der Waals surface area contributed by atoms with E-state index in [1.54, 1.807) is 11.8 Å².